The van der Waals surface area contributed by atoms with E-state index in [1.807, 2.05) is 6.92 Å². The van der Waals surface area contributed by atoms with Crippen LogP contribution in [0, 0.1) is 5.41 Å². The first kappa shape index (κ1) is 15.6. The third-order valence-electron chi connectivity index (χ3n) is 4.08. The number of methoxy groups -OCH3 is 1. The topological polar surface area (TPSA) is 62.7 Å². The maximum atomic E-state index is 11.8. The van der Waals surface area contributed by atoms with Crippen LogP contribution in [-0.4, -0.2) is 49.7 Å². The lowest BCUT2D eigenvalue weighted by atomic mass is 9.89. The molecule has 5 nitrogen and oxygen atoms in total. The lowest BCUT2D eigenvalue weighted by Gasteiger charge is -2.31. The Bertz CT molecular complexity index is 367. The van der Waals surface area contributed by atoms with Gasteiger partial charge in [0.25, 0.3) is 0 Å². The molecule has 1 atom stereocenters. The standard InChI is InChI=1S/C14H25N3O2S/c1-11(12(18)15-7-8-19-2)17-13-16-9-14(10-20-13)5-3-4-6-14/h11H,3-10H2,1-2H3,(H,15,18)(H,16,17). The number of ether oxygens (including phenoxy) is 1. The van der Waals surface area contributed by atoms with Crippen LogP contribution in [0.4, 0.5) is 0 Å². The van der Waals surface area contributed by atoms with Crippen molar-refractivity contribution in [1.29, 1.82) is 0 Å². The summed E-state index contributed by atoms with van der Waals surface area (Å²) in [5.41, 5.74) is 0.444. The van der Waals surface area contributed by atoms with Crippen LogP contribution in [0.15, 0.2) is 4.99 Å². The molecule has 1 saturated carbocycles. The Labute approximate surface area is 125 Å². The predicted molar refractivity (Wildman–Crippen MR) is 83.1 cm³/mol. The van der Waals surface area contributed by atoms with E-state index in [0.29, 0.717) is 18.6 Å². The van der Waals surface area contributed by atoms with Gasteiger partial charge in [0.2, 0.25) is 5.91 Å². The largest absolute Gasteiger partial charge is 0.383 e. The number of carbonyl (C=O) groups excluding carboxylic acids is 1. The second kappa shape index (κ2) is 7.31. The molecule has 1 unspecified atom stereocenters. The Morgan fingerprint density at radius 1 is 1.50 bits per heavy atom. The minimum Gasteiger partial charge on any atom is -0.383 e. The van der Waals surface area contributed by atoms with Crippen molar-refractivity contribution in [2.75, 3.05) is 32.6 Å². The number of nitrogens with zero attached hydrogens (tertiary/aromatic N) is 1. The van der Waals surface area contributed by atoms with Crippen LogP contribution >= 0.6 is 11.8 Å². The van der Waals surface area contributed by atoms with E-state index in [4.69, 9.17) is 4.74 Å². The average molecular weight is 299 g/mol. The van der Waals surface area contributed by atoms with E-state index in [2.05, 4.69) is 15.6 Å². The third kappa shape index (κ3) is 4.12. The molecule has 1 heterocycles. The summed E-state index contributed by atoms with van der Waals surface area (Å²) in [6.07, 6.45) is 5.31. The molecule has 0 aromatic carbocycles. The number of carbonyl (C=O) groups is 1. The fourth-order valence-electron chi connectivity index (χ4n) is 2.75. The third-order valence-corrected chi connectivity index (χ3v) is 5.35. The molecule has 0 aromatic heterocycles. The van der Waals surface area contributed by atoms with Gasteiger partial charge >= 0.3 is 0 Å². The van der Waals surface area contributed by atoms with Crippen molar-refractivity contribution in [3.63, 3.8) is 0 Å². The Morgan fingerprint density at radius 3 is 2.85 bits per heavy atom. The van der Waals surface area contributed by atoms with Crippen molar-refractivity contribution in [1.82, 2.24) is 10.6 Å². The summed E-state index contributed by atoms with van der Waals surface area (Å²) in [5, 5.41) is 6.96. The zero-order chi connectivity index (χ0) is 14.4. The van der Waals surface area contributed by atoms with Gasteiger partial charge in [-0.05, 0) is 25.2 Å². The van der Waals surface area contributed by atoms with Crippen molar-refractivity contribution in [3.8, 4) is 0 Å². The van der Waals surface area contributed by atoms with E-state index in [-0.39, 0.29) is 11.9 Å². The molecule has 0 saturated heterocycles. The number of thioether (sulfide) groups is 1. The van der Waals surface area contributed by atoms with Crippen molar-refractivity contribution < 1.29 is 9.53 Å². The average Bonchev–Trinajstić information content (AvgIpc) is 2.90. The summed E-state index contributed by atoms with van der Waals surface area (Å²) in [5.74, 6) is 1.13. The maximum absolute atomic E-state index is 11.8. The molecular formula is C14H25N3O2S. The highest BCUT2D eigenvalue weighted by molar-refractivity contribution is 8.13. The molecular weight excluding hydrogens is 274 g/mol. The molecule has 1 fully saturated rings. The number of nitrogens with one attached hydrogen (secondary N) is 2. The summed E-state index contributed by atoms with van der Waals surface area (Å²) in [7, 11) is 1.63. The number of aliphatic imine (C=N–C) groups is 1. The minimum atomic E-state index is -0.254. The SMILES string of the molecule is COCCNC(=O)C(C)NC1=NCC2(CCCC2)CS1. The van der Waals surface area contributed by atoms with Gasteiger partial charge in [-0.15, -0.1) is 0 Å². The molecule has 2 rings (SSSR count). The molecule has 0 aromatic rings. The fraction of sp³-hybridized carbons (Fsp3) is 0.857. The van der Waals surface area contributed by atoms with Gasteiger partial charge in [0.15, 0.2) is 5.17 Å². The summed E-state index contributed by atoms with van der Waals surface area (Å²) in [4.78, 5) is 16.5. The van der Waals surface area contributed by atoms with Crippen LogP contribution in [0.1, 0.15) is 32.6 Å². The van der Waals surface area contributed by atoms with Crippen molar-refractivity contribution in [2.24, 2.45) is 10.4 Å². The summed E-state index contributed by atoms with van der Waals surface area (Å²) in [6, 6.07) is -0.254. The van der Waals surface area contributed by atoms with Crippen molar-refractivity contribution >= 4 is 22.8 Å². The number of hydrogen-bond donors (Lipinski definition) is 2. The van der Waals surface area contributed by atoms with Gasteiger partial charge in [-0.2, -0.15) is 0 Å². The Morgan fingerprint density at radius 2 is 2.25 bits per heavy atom. The lowest BCUT2D eigenvalue weighted by molar-refractivity contribution is -0.122. The second-order valence-electron chi connectivity index (χ2n) is 5.77. The number of hydrogen-bond acceptors (Lipinski definition) is 5. The fourth-order valence-corrected chi connectivity index (χ4v) is 3.99. The molecule has 1 spiro atoms. The smallest absolute Gasteiger partial charge is 0.242 e. The van der Waals surface area contributed by atoms with E-state index in [1.165, 1.54) is 25.7 Å². The van der Waals surface area contributed by atoms with Gasteiger partial charge in [0, 0.05) is 26.0 Å². The highest BCUT2D eigenvalue weighted by Crippen LogP contribution is 2.43. The molecule has 6 heteroatoms. The van der Waals surface area contributed by atoms with E-state index in [9.17, 15) is 4.79 Å². The number of amidine groups is 1. The molecule has 114 valence electrons. The first-order chi connectivity index (χ1) is 9.65. The van der Waals surface area contributed by atoms with Crippen LogP contribution in [0.25, 0.3) is 0 Å². The van der Waals surface area contributed by atoms with E-state index < -0.39 is 0 Å². The first-order valence-corrected chi connectivity index (χ1v) is 8.34. The van der Waals surface area contributed by atoms with Crippen LogP contribution in [-0.2, 0) is 9.53 Å². The Kier molecular flexibility index (Phi) is 5.72. The zero-order valence-corrected chi connectivity index (χ0v) is 13.2. The van der Waals surface area contributed by atoms with Gasteiger partial charge in [0.1, 0.15) is 6.04 Å². The normalized spacial score (nSPS) is 22.4. The van der Waals surface area contributed by atoms with E-state index >= 15 is 0 Å². The molecule has 0 radical (unpaired) electrons. The number of amides is 1. The molecule has 20 heavy (non-hydrogen) atoms. The monoisotopic (exact) mass is 299 g/mol. The quantitative estimate of drug-likeness (QED) is 0.753. The van der Waals surface area contributed by atoms with Gasteiger partial charge in [0.05, 0.1) is 6.61 Å². The van der Waals surface area contributed by atoms with Gasteiger partial charge < -0.3 is 15.4 Å². The maximum Gasteiger partial charge on any atom is 0.242 e. The molecule has 1 amide bonds. The molecule has 2 N–H and O–H groups in total. The summed E-state index contributed by atoms with van der Waals surface area (Å²) in [6.45, 7) is 3.87. The van der Waals surface area contributed by atoms with Crippen molar-refractivity contribution in [2.45, 2.75) is 38.6 Å². The molecule has 1 aliphatic heterocycles. The second-order valence-corrected chi connectivity index (χ2v) is 6.73. The van der Waals surface area contributed by atoms with Gasteiger partial charge in [-0.1, -0.05) is 24.6 Å². The summed E-state index contributed by atoms with van der Waals surface area (Å²) >= 11 is 1.77. The van der Waals surface area contributed by atoms with Crippen LogP contribution in [0.2, 0.25) is 0 Å². The highest BCUT2D eigenvalue weighted by atomic mass is 32.2. The minimum absolute atomic E-state index is 0.00787. The molecule has 0 bridgehead atoms. The zero-order valence-electron chi connectivity index (χ0n) is 12.4. The van der Waals surface area contributed by atoms with Crippen LogP contribution < -0.4 is 10.6 Å². The van der Waals surface area contributed by atoms with Crippen LogP contribution in [0.3, 0.4) is 0 Å². The molecule has 1 aliphatic carbocycles. The number of rotatable bonds is 5. The molecule has 2 aliphatic rings. The highest BCUT2D eigenvalue weighted by Gasteiger charge is 2.36. The Hall–Kier alpha value is -0.750. The van der Waals surface area contributed by atoms with Gasteiger partial charge in [-0.25, -0.2) is 0 Å². The lowest BCUT2D eigenvalue weighted by Crippen LogP contribution is -2.46. The van der Waals surface area contributed by atoms with Crippen molar-refractivity contribution in [3.05, 3.63) is 0 Å². The Balaban J connectivity index is 1.76. The van der Waals surface area contributed by atoms with Crippen LogP contribution in [0.5, 0.6) is 0 Å². The van der Waals surface area contributed by atoms with E-state index in [0.717, 1.165) is 17.5 Å². The summed E-state index contributed by atoms with van der Waals surface area (Å²) < 4.78 is 4.91. The van der Waals surface area contributed by atoms with Gasteiger partial charge in [-0.3, -0.25) is 9.79 Å². The van der Waals surface area contributed by atoms with E-state index in [1.54, 1.807) is 18.9 Å². The first-order valence-electron chi connectivity index (χ1n) is 7.36. The predicted octanol–water partition coefficient (Wildman–Crippen LogP) is 1.39.